The largest absolute Gasteiger partial charge is 0.288 e. The number of rotatable bonds is 3. The zero-order chi connectivity index (χ0) is 13.0. The van der Waals surface area contributed by atoms with Gasteiger partial charge in [-0.1, -0.05) is 6.58 Å². The van der Waals surface area contributed by atoms with E-state index in [1.54, 1.807) is 0 Å². The van der Waals surface area contributed by atoms with Crippen LogP contribution >= 0.6 is 0 Å². The smallest absolute Gasteiger partial charge is 0.269 e. The second-order valence-corrected chi connectivity index (χ2v) is 3.37. The number of hydrogen-bond donors (Lipinski definition) is 1. The van der Waals surface area contributed by atoms with Gasteiger partial charge in [0.15, 0.2) is 0 Å². The number of carbonyl (C=O) groups is 2. The van der Waals surface area contributed by atoms with E-state index in [0.717, 1.165) is 0 Å². The molecule has 6 heteroatoms. The molecule has 1 aromatic rings. The highest BCUT2D eigenvalue weighted by Gasteiger charge is 2.12. The molecule has 17 heavy (non-hydrogen) atoms. The highest BCUT2D eigenvalue weighted by molar-refractivity contribution is 6.09. The van der Waals surface area contributed by atoms with E-state index in [2.05, 4.69) is 11.9 Å². The monoisotopic (exact) mass is 234 g/mol. The second kappa shape index (κ2) is 5.02. The van der Waals surface area contributed by atoms with Gasteiger partial charge in [-0.05, 0) is 19.1 Å². The summed E-state index contributed by atoms with van der Waals surface area (Å²) in [5, 5.41) is 12.5. The highest BCUT2D eigenvalue weighted by atomic mass is 16.6. The zero-order valence-corrected chi connectivity index (χ0v) is 9.10. The molecule has 0 aliphatic rings. The molecular weight excluding hydrogens is 224 g/mol. The summed E-state index contributed by atoms with van der Waals surface area (Å²) in [7, 11) is 0. The number of hydrogen-bond acceptors (Lipinski definition) is 4. The lowest BCUT2D eigenvalue weighted by Crippen LogP contribution is -2.30. The van der Waals surface area contributed by atoms with Crippen LogP contribution in [-0.2, 0) is 4.79 Å². The lowest BCUT2D eigenvalue weighted by molar-refractivity contribution is -0.384. The number of nitro groups is 1. The van der Waals surface area contributed by atoms with Crippen molar-refractivity contribution in [3.63, 3.8) is 0 Å². The average Bonchev–Trinajstić information content (AvgIpc) is 2.28. The summed E-state index contributed by atoms with van der Waals surface area (Å²) < 4.78 is 0. The van der Waals surface area contributed by atoms with Gasteiger partial charge >= 0.3 is 0 Å². The Morgan fingerprint density at radius 2 is 1.82 bits per heavy atom. The Hall–Kier alpha value is -2.50. The summed E-state index contributed by atoms with van der Waals surface area (Å²) in [6.45, 7) is 4.86. The lowest BCUT2D eigenvalue weighted by Gasteiger charge is -2.02. The fourth-order valence-corrected chi connectivity index (χ4v) is 1.02. The Labute approximate surface area is 97.1 Å². The molecular formula is C11H10N2O4. The molecule has 0 fully saturated rings. The summed E-state index contributed by atoms with van der Waals surface area (Å²) >= 11 is 0. The summed E-state index contributed by atoms with van der Waals surface area (Å²) in [6.07, 6.45) is 0. The number of nitrogens with zero attached hydrogens (tertiary/aromatic N) is 1. The van der Waals surface area contributed by atoms with Crippen molar-refractivity contribution in [3.8, 4) is 0 Å². The van der Waals surface area contributed by atoms with E-state index < -0.39 is 16.7 Å². The molecule has 0 heterocycles. The van der Waals surface area contributed by atoms with E-state index in [4.69, 9.17) is 0 Å². The van der Waals surface area contributed by atoms with Gasteiger partial charge in [0.2, 0.25) is 0 Å². The number of amides is 2. The van der Waals surface area contributed by atoms with Crippen LogP contribution in [-0.4, -0.2) is 16.7 Å². The molecule has 0 aliphatic heterocycles. The first-order valence-electron chi connectivity index (χ1n) is 4.67. The van der Waals surface area contributed by atoms with Crippen LogP contribution in [0.25, 0.3) is 0 Å². The van der Waals surface area contributed by atoms with Crippen molar-refractivity contribution in [1.82, 2.24) is 5.32 Å². The molecule has 88 valence electrons. The van der Waals surface area contributed by atoms with Crippen molar-refractivity contribution in [3.05, 3.63) is 52.1 Å². The van der Waals surface area contributed by atoms with Crippen molar-refractivity contribution >= 4 is 17.5 Å². The van der Waals surface area contributed by atoms with E-state index in [1.165, 1.54) is 31.2 Å². The normalized spacial score (nSPS) is 9.47. The first-order valence-corrected chi connectivity index (χ1v) is 4.67. The van der Waals surface area contributed by atoms with Crippen LogP contribution in [0.4, 0.5) is 5.69 Å². The second-order valence-electron chi connectivity index (χ2n) is 3.37. The molecule has 1 aromatic carbocycles. The number of nitrogens with one attached hydrogen (secondary N) is 1. The predicted octanol–water partition coefficient (Wildman–Crippen LogP) is 1.43. The highest BCUT2D eigenvalue weighted by Crippen LogP contribution is 2.11. The molecule has 0 bridgehead atoms. The molecule has 0 saturated carbocycles. The summed E-state index contributed by atoms with van der Waals surface area (Å²) in [5.41, 5.74) is 0.262. The van der Waals surface area contributed by atoms with Crippen LogP contribution in [0.1, 0.15) is 17.3 Å². The molecule has 1 N–H and O–H groups in total. The van der Waals surface area contributed by atoms with Crippen LogP contribution in [0.15, 0.2) is 36.4 Å². The van der Waals surface area contributed by atoms with Crippen molar-refractivity contribution in [2.75, 3.05) is 0 Å². The number of imide groups is 1. The molecule has 0 aromatic heterocycles. The van der Waals surface area contributed by atoms with Crippen molar-refractivity contribution in [1.29, 1.82) is 0 Å². The van der Waals surface area contributed by atoms with Gasteiger partial charge in [-0.25, -0.2) is 0 Å². The van der Waals surface area contributed by atoms with Crippen LogP contribution in [0.3, 0.4) is 0 Å². The predicted molar refractivity (Wildman–Crippen MR) is 60.4 cm³/mol. The Balaban J connectivity index is 2.80. The van der Waals surface area contributed by atoms with E-state index in [1.807, 2.05) is 0 Å². The lowest BCUT2D eigenvalue weighted by atomic mass is 10.2. The first-order chi connectivity index (χ1) is 7.91. The van der Waals surface area contributed by atoms with Gasteiger partial charge in [0.1, 0.15) is 0 Å². The molecule has 2 amide bonds. The topological polar surface area (TPSA) is 89.3 Å². The average molecular weight is 234 g/mol. The summed E-state index contributed by atoms with van der Waals surface area (Å²) in [5.74, 6) is -1.19. The summed E-state index contributed by atoms with van der Waals surface area (Å²) in [6, 6.07) is 4.94. The Bertz CT molecular complexity index is 491. The maximum Gasteiger partial charge on any atom is 0.269 e. The van der Waals surface area contributed by atoms with Gasteiger partial charge in [0.25, 0.3) is 17.5 Å². The van der Waals surface area contributed by atoms with E-state index in [9.17, 15) is 19.7 Å². The van der Waals surface area contributed by atoms with E-state index in [0.29, 0.717) is 0 Å². The van der Waals surface area contributed by atoms with E-state index in [-0.39, 0.29) is 16.8 Å². The molecule has 0 atom stereocenters. The number of nitro benzene ring substituents is 1. The number of benzene rings is 1. The van der Waals surface area contributed by atoms with Crippen molar-refractivity contribution in [2.45, 2.75) is 6.92 Å². The maximum absolute atomic E-state index is 11.5. The SMILES string of the molecule is C=C(C)C(=O)NC(=O)c1ccc([N+](=O)[O-])cc1. The Morgan fingerprint density at radius 1 is 1.29 bits per heavy atom. The zero-order valence-electron chi connectivity index (χ0n) is 9.10. The summed E-state index contributed by atoms with van der Waals surface area (Å²) in [4.78, 5) is 32.5. The minimum absolute atomic E-state index is 0.118. The van der Waals surface area contributed by atoms with Crippen LogP contribution in [0.2, 0.25) is 0 Å². The molecule has 6 nitrogen and oxygen atoms in total. The van der Waals surface area contributed by atoms with Crippen LogP contribution < -0.4 is 5.32 Å². The number of non-ortho nitro benzene ring substituents is 1. The van der Waals surface area contributed by atoms with Gasteiger partial charge in [0, 0.05) is 23.3 Å². The molecule has 0 spiro atoms. The van der Waals surface area contributed by atoms with Gasteiger partial charge < -0.3 is 0 Å². The minimum atomic E-state index is -0.618. The first kappa shape index (κ1) is 12.6. The van der Waals surface area contributed by atoms with Crippen molar-refractivity contribution in [2.24, 2.45) is 0 Å². The van der Waals surface area contributed by atoms with Crippen LogP contribution in [0.5, 0.6) is 0 Å². The molecule has 0 radical (unpaired) electrons. The fraction of sp³-hybridized carbons (Fsp3) is 0.0909. The van der Waals surface area contributed by atoms with Gasteiger partial charge in [-0.3, -0.25) is 25.0 Å². The van der Waals surface area contributed by atoms with Gasteiger partial charge in [0.05, 0.1) is 4.92 Å². The molecule has 1 rings (SSSR count). The standard InChI is InChI=1S/C11H10N2O4/c1-7(2)10(14)12-11(15)8-3-5-9(6-4-8)13(16)17/h3-6H,1H2,2H3,(H,12,14,15). The third-order valence-corrected chi connectivity index (χ3v) is 1.95. The maximum atomic E-state index is 11.5. The molecule has 0 saturated heterocycles. The van der Waals surface area contributed by atoms with E-state index >= 15 is 0 Å². The Morgan fingerprint density at radius 3 is 2.24 bits per heavy atom. The van der Waals surface area contributed by atoms with Gasteiger partial charge in [-0.2, -0.15) is 0 Å². The third kappa shape index (κ3) is 3.23. The molecule has 0 unspecified atom stereocenters. The molecule has 0 aliphatic carbocycles. The number of carbonyl (C=O) groups excluding carboxylic acids is 2. The quantitative estimate of drug-likeness (QED) is 0.486. The minimum Gasteiger partial charge on any atom is -0.288 e. The van der Waals surface area contributed by atoms with Crippen LogP contribution in [0, 0.1) is 10.1 Å². The third-order valence-electron chi connectivity index (χ3n) is 1.95. The Kier molecular flexibility index (Phi) is 3.71. The van der Waals surface area contributed by atoms with Gasteiger partial charge in [-0.15, -0.1) is 0 Å². The fourth-order valence-electron chi connectivity index (χ4n) is 1.02. The van der Waals surface area contributed by atoms with Crippen molar-refractivity contribution < 1.29 is 14.5 Å².